The average Bonchev–Trinajstić information content (AvgIpc) is 2.99. The molecule has 0 bridgehead atoms. The molecule has 1 atom stereocenters. The van der Waals surface area contributed by atoms with Gasteiger partial charge in [0.2, 0.25) is 11.6 Å². The predicted molar refractivity (Wildman–Crippen MR) is 111 cm³/mol. The first-order valence-electron chi connectivity index (χ1n) is 9.47. The fourth-order valence-corrected chi connectivity index (χ4v) is 3.94. The van der Waals surface area contributed by atoms with E-state index in [0.29, 0.717) is 17.3 Å². The van der Waals surface area contributed by atoms with Crippen LogP contribution in [0, 0.1) is 26.7 Å². The summed E-state index contributed by atoms with van der Waals surface area (Å²) in [5.41, 5.74) is 3.29. The molecule has 28 heavy (non-hydrogen) atoms. The van der Waals surface area contributed by atoms with E-state index in [-0.39, 0.29) is 11.8 Å². The van der Waals surface area contributed by atoms with Crippen LogP contribution in [-0.2, 0) is 4.79 Å². The zero-order valence-corrected chi connectivity index (χ0v) is 17.0. The lowest BCUT2D eigenvalue weighted by atomic mass is 9.96. The molecule has 0 spiro atoms. The number of fused-ring (bicyclic) bond motifs is 1. The zero-order valence-electron chi connectivity index (χ0n) is 16.3. The first kappa shape index (κ1) is 18.7. The van der Waals surface area contributed by atoms with Crippen LogP contribution in [0.25, 0.3) is 11.1 Å². The number of carbonyl (C=O) groups excluding carboxylic acids is 1. The molecule has 6 nitrogen and oxygen atoms in total. The van der Waals surface area contributed by atoms with Gasteiger partial charge in [-0.2, -0.15) is 0 Å². The van der Waals surface area contributed by atoms with E-state index in [1.54, 1.807) is 0 Å². The summed E-state index contributed by atoms with van der Waals surface area (Å²) >= 11 is 6.18. The molecule has 3 aromatic rings. The van der Waals surface area contributed by atoms with Crippen molar-refractivity contribution in [1.82, 2.24) is 9.97 Å². The number of benzene rings is 1. The molecule has 1 fully saturated rings. The molecule has 1 N–H and O–H groups in total. The Bertz CT molecular complexity index is 1050. The minimum absolute atomic E-state index is 0.0143. The number of nitrogens with one attached hydrogen (secondary N) is 1. The van der Waals surface area contributed by atoms with Crippen molar-refractivity contribution in [3.8, 4) is 0 Å². The number of nitrogens with zero attached hydrogens (tertiary/aromatic N) is 3. The summed E-state index contributed by atoms with van der Waals surface area (Å²) in [6.45, 7) is 7.33. The fourth-order valence-electron chi connectivity index (χ4n) is 3.76. The number of carbonyl (C=O) groups is 1. The second-order valence-corrected chi connectivity index (χ2v) is 7.75. The Morgan fingerprint density at radius 3 is 2.89 bits per heavy atom. The number of aromatic nitrogens is 2. The molecule has 1 amide bonds. The number of rotatable bonds is 3. The molecule has 0 radical (unpaired) electrons. The number of furan rings is 1. The van der Waals surface area contributed by atoms with Gasteiger partial charge in [0.05, 0.1) is 11.3 Å². The van der Waals surface area contributed by atoms with Crippen molar-refractivity contribution in [1.29, 1.82) is 0 Å². The molecular weight excluding hydrogens is 376 g/mol. The predicted octanol–water partition coefficient (Wildman–Crippen LogP) is 4.66. The third kappa shape index (κ3) is 3.33. The second-order valence-electron chi connectivity index (χ2n) is 7.35. The van der Waals surface area contributed by atoms with Crippen LogP contribution in [0.15, 0.2) is 28.9 Å². The maximum Gasteiger partial charge on any atom is 0.231 e. The minimum atomic E-state index is -0.120. The topological polar surface area (TPSA) is 71.3 Å². The van der Waals surface area contributed by atoms with Gasteiger partial charge in [0.25, 0.3) is 0 Å². The minimum Gasteiger partial charge on any atom is -0.443 e. The summed E-state index contributed by atoms with van der Waals surface area (Å²) in [6.07, 6.45) is 3.30. The van der Waals surface area contributed by atoms with Gasteiger partial charge in [-0.25, -0.2) is 9.97 Å². The molecular formula is C21H23ClN4O2. The van der Waals surface area contributed by atoms with Crippen molar-refractivity contribution >= 4 is 40.1 Å². The van der Waals surface area contributed by atoms with Crippen molar-refractivity contribution in [2.45, 2.75) is 33.6 Å². The summed E-state index contributed by atoms with van der Waals surface area (Å²) in [5.74, 6) is 1.58. The van der Waals surface area contributed by atoms with Crippen LogP contribution in [0.1, 0.15) is 29.7 Å². The molecule has 1 aliphatic heterocycles. The SMILES string of the molecule is Cc1oc2ncnc(N3CCCC(C(=O)Nc4cccc(Cl)c4C)C3)c2c1C. The standard InChI is InChI=1S/C21H23ClN4O2/c1-12-14(3)28-21-18(12)19(23-11-24-21)26-9-5-6-15(10-26)20(27)25-17-8-4-7-16(22)13(17)2/h4,7-8,11,15H,5-6,9-10H2,1-3H3,(H,25,27). The molecule has 7 heteroatoms. The Kier molecular flexibility index (Phi) is 4.98. The highest BCUT2D eigenvalue weighted by Crippen LogP contribution is 2.33. The molecule has 2 aromatic heterocycles. The van der Waals surface area contributed by atoms with Crippen molar-refractivity contribution in [3.63, 3.8) is 0 Å². The Balaban J connectivity index is 1.57. The van der Waals surface area contributed by atoms with Crippen molar-refractivity contribution in [2.24, 2.45) is 5.92 Å². The lowest BCUT2D eigenvalue weighted by molar-refractivity contribution is -0.120. The summed E-state index contributed by atoms with van der Waals surface area (Å²) < 4.78 is 5.74. The molecule has 0 saturated carbocycles. The van der Waals surface area contributed by atoms with E-state index < -0.39 is 0 Å². The van der Waals surface area contributed by atoms with Crippen molar-refractivity contribution in [3.05, 3.63) is 46.4 Å². The smallest absolute Gasteiger partial charge is 0.231 e. The van der Waals surface area contributed by atoms with Gasteiger partial charge in [0.1, 0.15) is 17.9 Å². The number of piperidine rings is 1. The molecule has 1 saturated heterocycles. The van der Waals surface area contributed by atoms with Crippen LogP contribution in [-0.4, -0.2) is 29.0 Å². The molecule has 1 aromatic carbocycles. The number of halogens is 1. The molecule has 0 aliphatic carbocycles. The van der Waals surface area contributed by atoms with Gasteiger partial charge in [0, 0.05) is 29.4 Å². The number of amides is 1. The highest BCUT2D eigenvalue weighted by atomic mass is 35.5. The largest absolute Gasteiger partial charge is 0.443 e. The van der Waals surface area contributed by atoms with Crippen LogP contribution in [0.2, 0.25) is 5.02 Å². The first-order valence-corrected chi connectivity index (χ1v) is 9.85. The second kappa shape index (κ2) is 7.43. The summed E-state index contributed by atoms with van der Waals surface area (Å²) in [5, 5.41) is 4.63. The van der Waals surface area contributed by atoms with Crippen molar-refractivity contribution < 1.29 is 9.21 Å². The maximum absolute atomic E-state index is 12.9. The van der Waals surface area contributed by atoms with Crippen molar-refractivity contribution in [2.75, 3.05) is 23.3 Å². The van der Waals surface area contributed by atoms with Crippen LogP contribution in [0.3, 0.4) is 0 Å². The maximum atomic E-state index is 12.9. The Morgan fingerprint density at radius 2 is 2.07 bits per heavy atom. The Labute approximate surface area is 168 Å². The lowest BCUT2D eigenvalue weighted by Crippen LogP contribution is -2.41. The van der Waals surface area contributed by atoms with Gasteiger partial charge in [-0.15, -0.1) is 0 Å². The van der Waals surface area contributed by atoms with E-state index in [4.69, 9.17) is 16.0 Å². The Hall–Kier alpha value is -2.60. The third-order valence-electron chi connectivity index (χ3n) is 5.56. The van der Waals surface area contributed by atoms with E-state index in [0.717, 1.165) is 53.2 Å². The summed E-state index contributed by atoms with van der Waals surface area (Å²) in [6, 6.07) is 5.55. The highest BCUT2D eigenvalue weighted by Gasteiger charge is 2.29. The first-order chi connectivity index (χ1) is 13.5. The number of aryl methyl sites for hydroxylation is 2. The van der Waals surface area contributed by atoms with Gasteiger partial charge in [0.15, 0.2) is 0 Å². The number of hydrogen-bond acceptors (Lipinski definition) is 5. The molecule has 146 valence electrons. The van der Waals surface area contributed by atoms with Gasteiger partial charge >= 0.3 is 0 Å². The van der Waals surface area contributed by atoms with Gasteiger partial charge in [-0.1, -0.05) is 17.7 Å². The average molecular weight is 399 g/mol. The molecule has 3 heterocycles. The van der Waals surface area contributed by atoms with E-state index in [9.17, 15) is 4.79 Å². The summed E-state index contributed by atoms with van der Waals surface area (Å²) in [4.78, 5) is 23.8. The van der Waals surface area contributed by atoms with E-state index in [1.807, 2.05) is 39.0 Å². The fraction of sp³-hybridized carbons (Fsp3) is 0.381. The van der Waals surface area contributed by atoms with Crippen LogP contribution in [0.5, 0.6) is 0 Å². The number of hydrogen-bond donors (Lipinski definition) is 1. The van der Waals surface area contributed by atoms with Crippen LogP contribution in [0.4, 0.5) is 11.5 Å². The Morgan fingerprint density at radius 1 is 1.25 bits per heavy atom. The third-order valence-corrected chi connectivity index (χ3v) is 5.97. The van der Waals surface area contributed by atoms with Crippen LogP contribution < -0.4 is 10.2 Å². The quantitative estimate of drug-likeness (QED) is 0.694. The van der Waals surface area contributed by atoms with Gasteiger partial charge in [-0.3, -0.25) is 4.79 Å². The molecule has 1 unspecified atom stereocenters. The number of anilines is 2. The van der Waals surface area contributed by atoms with E-state index in [1.165, 1.54) is 6.33 Å². The van der Waals surface area contributed by atoms with Gasteiger partial charge < -0.3 is 14.6 Å². The summed E-state index contributed by atoms with van der Waals surface area (Å²) in [7, 11) is 0. The van der Waals surface area contributed by atoms with Gasteiger partial charge in [-0.05, 0) is 51.3 Å². The molecule has 1 aliphatic rings. The highest BCUT2D eigenvalue weighted by molar-refractivity contribution is 6.31. The normalized spacial score (nSPS) is 17.1. The lowest BCUT2D eigenvalue weighted by Gasteiger charge is -2.33. The van der Waals surface area contributed by atoms with E-state index >= 15 is 0 Å². The molecule has 4 rings (SSSR count). The monoisotopic (exact) mass is 398 g/mol. The zero-order chi connectivity index (χ0) is 19.8. The van der Waals surface area contributed by atoms with Crippen LogP contribution >= 0.6 is 11.6 Å². The van der Waals surface area contributed by atoms with E-state index in [2.05, 4.69) is 20.2 Å².